The molecule has 0 aliphatic carbocycles. The largest absolute Gasteiger partial charge is 0.509 e. The van der Waals surface area contributed by atoms with Crippen LogP contribution in [0.1, 0.15) is 52.7 Å². The maximum absolute atomic E-state index is 6.66. The van der Waals surface area contributed by atoms with Gasteiger partial charge >= 0.3 is 0 Å². The number of aromatic nitrogens is 2. The van der Waals surface area contributed by atoms with Gasteiger partial charge in [0.25, 0.3) is 0 Å². The molecule has 236 valence electrons. The second-order valence-corrected chi connectivity index (χ2v) is 14.9. The van der Waals surface area contributed by atoms with Gasteiger partial charge in [-0.2, -0.15) is 6.07 Å². The van der Waals surface area contributed by atoms with Crippen molar-refractivity contribution >= 4 is 39.0 Å². The first-order valence-corrected chi connectivity index (χ1v) is 15.7. The Bertz CT molecular complexity index is 2090. The molecule has 0 N–H and O–H groups in total. The smallest absolute Gasteiger partial charge is 0.179 e. The fraction of sp³-hybridized carbons (Fsp3) is 0.250. The molecule has 5 heterocycles. The van der Waals surface area contributed by atoms with Crippen LogP contribution in [0.25, 0.3) is 27.6 Å². The number of para-hydroxylation sites is 1. The van der Waals surface area contributed by atoms with E-state index >= 15 is 0 Å². The Morgan fingerprint density at radius 1 is 0.761 bits per heavy atom. The van der Waals surface area contributed by atoms with Gasteiger partial charge in [0, 0.05) is 67.4 Å². The van der Waals surface area contributed by atoms with Gasteiger partial charge in [-0.1, -0.05) is 77.6 Å². The van der Waals surface area contributed by atoms with Crippen LogP contribution in [0.2, 0.25) is 0 Å². The van der Waals surface area contributed by atoms with Crippen LogP contribution in [0, 0.1) is 18.8 Å². The number of pyridine rings is 1. The van der Waals surface area contributed by atoms with E-state index in [1.807, 2.05) is 24.4 Å². The van der Waals surface area contributed by atoms with Crippen molar-refractivity contribution in [3.63, 3.8) is 0 Å². The average Bonchev–Trinajstić information content (AvgIpc) is 3.55. The van der Waals surface area contributed by atoms with Crippen molar-refractivity contribution in [3.8, 4) is 17.2 Å². The third-order valence-electron chi connectivity index (χ3n) is 9.56. The Hall–Kier alpha value is -3.76. The molecule has 0 saturated carbocycles. The van der Waals surface area contributed by atoms with Gasteiger partial charge in [0.15, 0.2) is 18.0 Å². The molecule has 46 heavy (non-hydrogen) atoms. The number of nitrogens with zero attached hydrogens (tertiary/aromatic N) is 4. The summed E-state index contributed by atoms with van der Waals surface area (Å²) in [5.74, 6) is 1.35. The quantitative estimate of drug-likeness (QED) is 0.132. The van der Waals surface area contributed by atoms with Crippen molar-refractivity contribution in [3.05, 3.63) is 121 Å². The van der Waals surface area contributed by atoms with Crippen molar-refractivity contribution in [2.45, 2.75) is 52.4 Å². The number of fused-ring (bicyclic) bond motifs is 3. The molecule has 4 aromatic carbocycles. The fourth-order valence-electron chi connectivity index (χ4n) is 7.18. The number of hydrogen-bond acceptors (Lipinski definition) is 2. The van der Waals surface area contributed by atoms with Crippen LogP contribution in [0.4, 0.5) is 17.1 Å². The number of benzene rings is 4. The summed E-state index contributed by atoms with van der Waals surface area (Å²) in [4.78, 5) is 4.75. The van der Waals surface area contributed by atoms with Gasteiger partial charge in [0.2, 0.25) is 0 Å². The number of ether oxygens (including phenoxy) is 1. The third kappa shape index (κ3) is 4.67. The summed E-state index contributed by atoms with van der Waals surface area (Å²) in [5.41, 5.74) is 9.27. The molecule has 2 bridgehead atoms. The Morgan fingerprint density at radius 3 is 2.26 bits per heavy atom. The van der Waals surface area contributed by atoms with Gasteiger partial charge in [0.1, 0.15) is 5.65 Å². The van der Waals surface area contributed by atoms with Crippen LogP contribution >= 0.6 is 0 Å². The molecule has 2 atom stereocenters. The molecular weight excluding hydrogens is 748 g/mol. The van der Waals surface area contributed by atoms with Crippen molar-refractivity contribution in [1.82, 2.24) is 18.5 Å². The second kappa shape index (κ2) is 10.4. The Morgan fingerprint density at radius 2 is 1.50 bits per heavy atom. The minimum absolute atomic E-state index is 0. The van der Waals surface area contributed by atoms with Gasteiger partial charge in [-0.15, -0.1) is 35.9 Å². The molecular formula is C40H39N4OPt-. The molecule has 0 amide bonds. The predicted octanol–water partition coefficient (Wildman–Crippen LogP) is 9.84. The zero-order chi connectivity index (χ0) is 31.4. The SMILES string of the molecule is CC(C)(C)c1cc(Oc2[c-]c(-n3c4ccccc4c4cccnc43)ccc2)[c-]c([N@@+]23[CH-][N@@+](C)(C2)c2ccc(C(C)(C)C)cc23)c1.[Pt]. The van der Waals surface area contributed by atoms with Crippen LogP contribution in [0.5, 0.6) is 11.5 Å². The van der Waals surface area contributed by atoms with Crippen LogP contribution in [-0.2, 0) is 31.9 Å². The first-order chi connectivity index (χ1) is 21.4. The van der Waals surface area contributed by atoms with Crippen LogP contribution in [0.15, 0.2) is 91.1 Å². The van der Waals surface area contributed by atoms with E-state index in [0.717, 1.165) is 39.1 Å². The molecule has 0 unspecified atom stereocenters. The van der Waals surface area contributed by atoms with E-state index in [4.69, 9.17) is 9.72 Å². The van der Waals surface area contributed by atoms with Gasteiger partial charge in [-0.3, -0.25) is 0 Å². The standard InChI is InChI=1S/C40H39N4O.Pt/c1-39(2,3)27-17-18-36-37(22-27)44(25-43(36,7)26-44)30-20-28(40(4,5)6)21-32(24-30)45-31-13-10-12-29(23-31)42-35-16-9-8-14-33(35)34-15-11-19-41-38(34)42;/h8-22,25H,26H2,1-7H3;/q-1;/t43-,44+;/m0./s1. The summed E-state index contributed by atoms with van der Waals surface area (Å²) < 4.78 is 10.3. The molecule has 3 aliphatic heterocycles. The summed E-state index contributed by atoms with van der Waals surface area (Å²) in [5, 5.41) is 2.29. The minimum atomic E-state index is -0.0701. The van der Waals surface area contributed by atoms with Crippen LogP contribution in [-0.4, -0.2) is 23.3 Å². The maximum atomic E-state index is 6.66. The first-order valence-electron chi connectivity index (χ1n) is 15.7. The molecule has 5 nitrogen and oxygen atoms in total. The first kappa shape index (κ1) is 30.9. The van der Waals surface area contributed by atoms with E-state index in [-0.39, 0.29) is 31.9 Å². The second-order valence-electron chi connectivity index (χ2n) is 14.9. The summed E-state index contributed by atoms with van der Waals surface area (Å²) >= 11 is 0. The average molecular weight is 787 g/mol. The van der Waals surface area contributed by atoms with E-state index in [2.05, 4.69) is 139 Å². The summed E-state index contributed by atoms with van der Waals surface area (Å²) in [6, 6.07) is 37.4. The van der Waals surface area contributed by atoms with E-state index in [0.29, 0.717) is 16.0 Å². The molecule has 9 rings (SSSR count). The van der Waals surface area contributed by atoms with E-state index in [9.17, 15) is 0 Å². The molecule has 6 aromatic rings. The van der Waals surface area contributed by atoms with Crippen molar-refractivity contribution < 1.29 is 25.8 Å². The molecule has 1 fully saturated rings. The molecule has 1 saturated heterocycles. The van der Waals surface area contributed by atoms with Gasteiger partial charge < -0.3 is 18.3 Å². The van der Waals surface area contributed by atoms with Crippen LogP contribution < -0.4 is 13.7 Å². The number of rotatable bonds is 4. The van der Waals surface area contributed by atoms with Crippen molar-refractivity contribution in [1.29, 1.82) is 0 Å². The minimum Gasteiger partial charge on any atom is -0.509 e. The molecule has 3 aliphatic rings. The fourth-order valence-corrected chi connectivity index (χ4v) is 7.18. The Labute approximate surface area is 286 Å². The monoisotopic (exact) mass is 786 g/mol. The summed E-state index contributed by atoms with van der Waals surface area (Å²) in [6.45, 7) is 17.0. The summed E-state index contributed by atoms with van der Waals surface area (Å²) in [7, 11) is 2.30. The molecule has 6 heteroatoms. The van der Waals surface area contributed by atoms with Crippen LogP contribution in [0.3, 0.4) is 0 Å². The zero-order valence-electron chi connectivity index (χ0n) is 27.5. The summed E-state index contributed by atoms with van der Waals surface area (Å²) in [6.07, 6.45) is 1.84. The third-order valence-corrected chi connectivity index (χ3v) is 9.56. The Balaban J connectivity index is 0.00000338. The normalized spacial score (nSPS) is 20.3. The number of hydrogen-bond donors (Lipinski definition) is 0. The van der Waals surface area contributed by atoms with E-state index in [1.54, 1.807) is 0 Å². The van der Waals surface area contributed by atoms with Gasteiger partial charge in [-0.25, -0.2) is 4.98 Å². The van der Waals surface area contributed by atoms with E-state index in [1.165, 1.54) is 27.9 Å². The van der Waals surface area contributed by atoms with Gasteiger partial charge in [0.05, 0.1) is 19.2 Å². The van der Waals surface area contributed by atoms with Crippen molar-refractivity contribution in [2.75, 3.05) is 13.7 Å². The predicted molar refractivity (Wildman–Crippen MR) is 185 cm³/mol. The molecule has 2 aromatic heterocycles. The Kier molecular flexibility index (Phi) is 6.96. The molecule has 0 spiro atoms. The number of quaternary nitrogens is 2. The van der Waals surface area contributed by atoms with Gasteiger partial charge in [-0.05, 0) is 34.6 Å². The maximum Gasteiger partial charge on any atom is 0.179 e. The van der Waals surface area contributed by atoms with Crippen molar-refractivity contribution in [2.24, 2.45) is 0 Å². The molecule has 0 radical (unpaired) electrons. The topological polar surface area (TPSA) is 27.1 Å². The zero-order valence-corrected chi connectivity index (χ0v) is 29.7. The van der Waals surface area contributed by atoms with E-state index < -0.39 is 0 Å².